The highest BCUT2D eigenvalue weighted by Gasteiger charge is 2.29. The molecule has 6 nitrogen and oxygen atoms in total. The predicted octanol–water partition coefficient (Wildman–Crippen LogP) is 5.10. The topological polar surface area (TPSA) is 65.8 Å². The number of hydrogen-bond donors (Lipinski definition) is 1. The SMILES string of the molecule is Cc1ccc(C(=O)Nc2c(C(=O)N3CCN(c4ccc(F)cc4)CC3)oc3ccccc23)cc1. The molecule has 172 valence electrons. The number of halogens is 1. The summed E-state index contributed by atoms with van der Waals surface area (Å²) in [6.45, 7) is 4.15. The first-order valence-electron chi connectivity index (χ1n) is 11.2. The van der Waals surface area contributed by atoms with Crippen molar-refractivity contribution in [2.45, 2.75) is 6.92 Å². The fraction of sp³-hybridized carbons (Fsp3) is 0.185. The summed E-state index contributed by atoms with van der Waals surface area (Å²) >= 11 is 0. The highest BCUT2D eigenvalue weighted by molar-refractivity contribution is 6.14. The number of amides is 2. The average Bonchev–Trinajstić information content (AvgIpc) is 3.23. The molecule has 0 bridgehead atoms. The van der Waals surface area contributed by atoms with E-state index in [4.69, 9.17) is 4.42 Å². The van der Waals surface area contributed by atoms with Gasteiger partial charge in [-0.05, 0) is 55.5 Å². The smallest absolute Gasteiger partial charge is 0.291 e. The molecule has 1 aliphatic heterocycles. The summed E-state index contributed by atoms with van der Waals surface area (Å²) in [7, 11) is 0. The Bertz CT molecular complexity index is 1340. The van der Waals surface area contributed by atoms with Gasteiger partial charge >= 0.3 is 0 Å². The van der Waals surface area contributed by atoms with Crippen LogP contribution >= 0.6 is 0 Å². The van der Waals surface area contributed by atoms with Crippen molar-refractivity contribution in [3.63, 3.8) is 0 Å². The lowest BCUT2D eigenvalue weighted by Gasteiger charge is -2.35. The van der Waals surface area contributed by atoms with Gasteiger partial charge in [-0.15, -0.1) is 0 Å². The average molecular weight is 458 g/mol. The fourth-order valence-electron chi connectivity index (χ4n) is 4.17. The molecule has 0 spiro atoms. The van der Waals surface area contributed by atoms with Crippen LogP contribution in [0.4, 0.5) is 15.8 Å². The Balaban J connectivity index is 1.38. The molecule has 0 saturated carbocycles. The highest BCUT2D eigenvalue weighted by Crippen LogP contribution is 2.32. The normalized spacial score (nSPS) is 13.8. The molecule has 2 heterocycles. The van der Waals surface area contributed by atoms with E-state index in [2.05, 4.69) is 10.2 Å². The van der Waals surface area contributed by atoms with Crippen molar-refractivity contribution in [1.82, 2.24) is 4.90 Å². The third kappa shape index (κ3) is 4.24. The van der Waals surface area contributed by atoms with Crippen molar-refractivity contribution in [1.29, 1.82) is 0 Å². The Morgan fingerprint density at radius 3 is 2.26 bits per heavy atom. The van der Waals surface area contributed by atoms with Gasteiger partial charge in [-0.25, -0.2) is 4.39 Å². The van der Waals surface area contributed by atoms with Gasteiger partial charge in [-0.1, -0.05) is 29.8 Å². The van der Waals surface area contributed by atoms with Crippen molar-refractivity contribution in [2.75, 3.05) is 36.4 Å². The van der Waals surface area contributed by atoms with E-state index in [9.17, 15) is 14.0 Å². The number of carbonyl (C=O) groups excluding carboxylic acids is 2. The van der Waals surface area contributed by atoms with Gasteiger partial charge in [0.1, 0.15) is 17.1 Å². The number of aryl methyl sites for hydroxylation is 1. The quantitative estimate of drug-likeness (QED) is 0.463. The van der Waals surface area contributed by atoms with Crippen molar-refractivity contribution >= 4 is 34.2 Å². The first kappa shape index (κ1) is 21.7. The number of rotatable bonds is 4. The number of para-hydroxylation sites is 1. The Hall–Kier alpha value is -4.13. The molecular formula is C27H24FN3O3. The van der Waals surface area contributed by atoms with E-state index in [1.54, 1.807) is 35.2 Å². The number of piperazine rings is 1. The van der Waals surface area contributed by atoms with E-state index in [0.717, 1.165) is 11.3 Å². The Labute approximate surface area is 196 Å². The molecule has 2 amide bonds. The summed E-state index contributed by atoms with van der Waals surface area (Å²) in [6, 6.07) is 20.9. The molecule has 0 unspecified atom stereocenters. The second-order valence-electron chi connectivity index (χ2n) is 8.38. The first-order chi connectivity index (χ1) is 16.5. The third-order valence-corrected chi connectivity index (χ3v) is 6.10. The molecule has 0 aliphatic carbocycles. The minimum Gasteiger partial charge on any atom is -0.449 e. The standard InChI is InChI=1S/C27H24FN3O3/c1-18-6-8-19(9-7-18)26(32)29-24-22-4-2-3-5-23(22)34-25(24)27(33)31-16-14-30(15-17-31)21-12-10-20(28)11-13-21/h2-13H,14-17H2,1H3,(H,29,32). The third-order valence-electron chi connectivity index (χ3n) is 6.10. The van der Waals surface area contributed by atoms with Gasteiger partial charge in [0.05, 0.1) is 0 Å². The van der Waals surface area contributed by atoms with Gasteiger partial charge in [0.25, 0.3) is 11.8 Å². The lowest BCUT2D eigenvalue weighted by atomic mass is 10.1. The zero-order valence-electron chi connectivity index (χ0n) is 18.8. The van der Waals surface area contributed by atoms with E-state index in [1.165, 1.54) is 12.1 Å². The van der Waals surface area contributed by atoms with Crippen LogP contribution in [0, 0.1) is 12.7 Å². The highest BCUT2D eigenvalue weighted by atomic mass is 19.1. The van der Waals surface area contributed by atoms with Crippen molar-refractivity contribution in [3.8, 4) is 0 Å². The molecule has 1 N–H and O–H groups in total. The largest absolute Gasteiger partial charge is 0.449 e. The minimum absolute atomic E-state index is 0.122. The molecular weight excluding hydrogens is 433 g/mol. The van der Waals surface area contributed by atoms with Gasteiger partial charge < -0.3 is 19.5 Å². The van der Waals surface area contributed by atoms with E-state index in [1.807, 2.05) is 37.3 Å². The van der Waals surface area contributed by atoms with E-state index >= 15 is 0 Å². The number of nitrogens with one attached hydrogen (secondary N) is 1. The van der Waals surface area contributed by atoms with Crippen LogP contribution in [-0.2, 0) is 0 Å². The second-order valence-corrected chi connectivity index (χ2v) is 8.38. The maximum atomic E-state index is 13.5. The number of fused-ring (bicyclic) bond motifs is 1. The van der Waals surface area contributed by atoms with Gasteiger partial charge in [0.2, 0.25) is 5.76 Å². The van der Waals surface area contributed by atoms with Gasteiger partial charge in [0.15, 0.2) is 0 Å². The van der Waals surface area contributed by atoms with Crippen LogP contribution in [0.5, 0.6) is 0 Å². The molecule has 4 aromatic rings. The number of carbonyl (C=O) groups is 2. The minimum atomic E-state index is -0.304. The molecule has 1 aliphatic rings. The van der Waals surface area contributed by atoms with Crippen LogP contribution in [0.25, 0.3) is 11.0 Å². The molecule has 7 heteroatoms. The molecule has 34 heavy (non-hydrogen) atoms. The molecule has 1 aromatic heterocycles. The van der Waals surface area contributed by atoms with Gasteiger partial charge in [-0.3, -0.25) is 9.59 Å². The van der Waals surface area contributed by atoms with Crippen molar-refractivity contribution in [3.05, 3.63) is 95.5 Å². The summed E-state index contributed by atoms with van der Waals surface area (Å²) in [5.74, 6) is -0.726. The van der Waals surface area contributed by atoms with Crippen LogP contribution < -0.4 is 10.2 Å². The van der Waals surface area contributed by atoms with Crippen LogP contribution in [0.1, 0.15) is 26.5 Å². The maximum absolute atomic E-state index is 13.5. The maximum Gasteiger partial charge on any atom is 0.291 e. The molecule has 1 saturated heterocycles. The molecule has 5 rings (SSSR count). The van der Waals surface area contributed by atoms with E-state index in [0.29, 0.717) is 48.4 Å². The lowest BCUT2D eigenvalue weighted by molar-refractivity contribution is 0.0718. The van der Waals surface area contributed by atoms with Crippen LogP contribution in [0.15, 0.2) is 77.2 Å². The number of nitrogens with zero attached hydrogens (tertiary/aromatic N) is 2. The summed E-state index contributed by atoms with van der Waals surface area (Å²) in [6.07, 6.45) is 0. The molecule has 1 fully saturated rings. The first-order valence-corrected chi connectivity index (χ1v) is 11.2. The zero-order chi connectivity index (χ0) is 23.7. The lowest BCUT2D eigenvalue weighted by Crippen LogP contribution is -2.48. The van der Waals surface area contributed by atoms with E-state index < -0.39 is 0 Å². The number of anilines is 2. The molecule has 0 radical (unpaired) electrons. The fourth-order valence-corrected chi connectivity index (χ4v) is 4.17. The Morgan fingerprint density at radius 1 is 0.882 bits per heavy atom. The van der Waals surface area contributed by atoms with Crippen LogP contribution in [0.2, 0.25) is 0 Å². The van der Waals surface area contributed by atoms with Crippen molar-refractivity contribution < 1.29 is 18.4 Å². The molecule has 3 aromatic carbocycles. The van der Waals surface area contributed by atoms with Gasteiger partial charge in [0, 0.05) is 42.8 Å². The summed E-state index contributed by atoms with van der Waals surface area (Å²) < 4.78 is 19.2. The Kier molecular flexibility index (Phi) is 5.76. The number of benzene rings is 3. The summed E-state index contributed by atoms with van der Waals surface area (Å²) in [5, 5.41) is 3.58. The van der Waals surface area contributed by atoms with Crippen LogP contribution in [0.3, 0.4) is 0 Å². The van der Waals surface area contributed by atoms with E-state index in [-0.39, 0.29) is 23.4 Å². The number of hydrogen-bond acceptors (Lipinski definition) is 4. The second kappa shape index (κ2) is 9.02. The number of furan rings is 1. The van der Waals surface area contributed by atoms with Gasteiger partial charge in [-0.2, -0.15) is 0 Å². The monoisotopic (exact) mass is 457 g/mol. The predicted molar refractivity (Wildman–Crippen MR) is 130 cm³/mol. The zero-order valence-corrected chi connectivity index (χ0v) is 18.8. The van der Waals surface area contributed by atoms with Crippen molar-refractivity contribution in [2.24, 2.45) is 0 Å². The molecule has 0 atom stereocenters. The Morgan fingerprint density at radius 2 is 1.56 bits per heavy atom. The van der Waals surface area contributed by atoms with Crippen LogP contribution in [-0.4, -0.2) is 42.9 Å². The summed E-state index contributed by atoms with van der Waals surface area (Å²) in [4.78, 5) is 30.2. The summed E-state index contributed by atoms with van der Waals surface area (Å²) in [5.41, 5.74) is 3.40.